The molecule has 4 nitrogen and oxygen atoms in total. The Balaban J connectivity index is 2.27. The van der Waals surface area contributed by atoms with Gasteiger partial charge < -0.3 is 9.47 Å². The van der Waals surface area contributed by atoms with Crippen molar-refractivity contribution in [3.05, 3.63) is 23.8 Å². The Morgan fingerprint density at radius 2 is 2.40 bits per heavy atom. The minimum atomic E-state index is -0.474. The number of hydrogen-bond acceptors (Lipinski definition) is 3. The molecule has 2 rings (SSSR count). The van der Waals surface area contributed by atoms with Crippen molar-refractivity contribution >= 4 is 11.8 Å². The summed E-state index contributed by atoms with van der Waals surface area (Å²) < 4.78 is 10.1. The second-order valence-corrected chi connectivity index (χ2v) is 3.36. The minimum absolute atomic E-state index is 0.474. The number of methoxy groups -OCH3 is 1. The van der Waals surface area contributed by atoms with E-state index in [-0.39, 0.29) is 0 Å². The fraction of sp³-hybridized carbons (Fsp3) is 0.364. The highest BCUT2D eigenvalue weighted by molar-refractivity contribution is 5.87. The summed E-state index contributed by atoms with van der Waals surface area (Å²) in [5.74, 6) is 0.772. The SMILES string of the molecule is COC(=O)Nc1cccc2c1OCCC2. The van der Waals surface area contributed by atoms with Gasteiger partial charge in [0.25, 0.3) is 0 Å². The van der Waals surface area contributed by atoms with Crippen molar-refractivity contribution in [1.82, 2.24) is 0 Å². The van der Waals surface area contributed by atoms with Crippen LogP contribution in [0.15, 0.2) is 18.2 Å². The van der Waals surface area contributed by atoms with Gasteiger partial charge in [-0.3, -0.25) is 5.32 Å². The maximum Gasteiger partial charge on any atom is 0.411 e. The van der Waals surface area contributed by atoms with Gasteiger partial charge in [-0.2, -0.15) is 0 Å². The van der Waals surface area contributed by atoms with Crippen LogP contribution in [-0.4, -0.2) is 19.8 Å². The number of benzene rings is 1. The molecule has 1 aromatic carbocycles. The van der Waals surface area contributed by atoms with E-state index in [0.29, 0.717) is 12.3 Å². The fourth-order valence-electron chi connectivity index (χ4n) is 1.65. The molecule has 0 atom stereocenters. The minimum Gasteiger partial charge on any atom is -0.491 e. The lowest BCUT2D eigenvalue weighted by Crippen LogP contribution is -2.15. The Hall–Kier alpha value is -1.71. The van der Waals surface area contributed by atoms with Gasteiger partial charge in [-0.05, 0) is 24.5 Å². The van der Waals surface area contributed by atoms with Gasteiger partial charge >= 0.3 is 6.09 Å². The smallest absolute Gasteiger partial charge is 0.411 e. The highest BCUT2D eigenvalue weighted by atomic mass is 16.5. The van der Waals surface area contributed by atoms with Crippen LogP contribution in [0.25, 0.3) is 0 Å². The third kappa shape index (κ3) is 2.03. The number of fused-ring (bicyclic) bond motifs is 1. The highest BCUT2D eigenvalue weighted by Crippen LogP contribution is 2.32. The topological polar surface area (TPSA) is 47.6 Å². The predicted molar refractivity (Wildman–Crippen MR) is 56.3 cm³/mol. The van der Waals surface area contributed by atoms with Crippen molar-refractivity contribution in [3.8, 4) is 5.75 Å². The standard InChI is InChI=1S/C11H13NO3/c1-14-11(13)12-9-6-2-4-8-5-3-7-15-10(8)9/h2,4,6H,3,5,7H2,1H3,(H,12,13). The van der Waals surface area contributed by atoms with Gasteiger partial charge in [0.05, 0.1) is 19.4 Å². The quantitative estimate of drug-likeness (QED) is 0.767. The van der Waals surface area contributed by atoms with Crippen LogP contribution in [0.3, 0.4) is 0 Å². The zero-order valence-electron chi connectivity index (χ0n) is 8.58. The van der Waals surface area contributed by atoms with Crippen molar-refractivity contribution in [3.63, 3.8) is 0 Å². The van der Waals surface area contributed by atoms with Gasteiger partial charge in [0.15, 0.2) is 0 Å². The number of ether oxygens (including phenoxy) is 2. The van der Waals surface area contributed by atoms with E-state index in [0.717, 1.165) is 24.2 Å². The third-order valence-corrected chi connectivity index (χ3v) is 2.36. The molecule has 4 heteroatoms. The lowest BCUT2D eigenvalue weighted by Gasteiger charge is -2.20. The van der Waals surface area contributed by atoms with E-state index in [1.165, 1.54) is 7.11 Å². The van der Waals surface area contributed by atoms with Crippen molar-refractivity contribution < 1.29 is 14.3 Å². The average Bonchev–Trinajstić information content (AvgIpc) is 2.29. The lowest BCUT2D eigenvalue weighted by molar-refractivity contribution is 0.186. The number of carbonyl (C=O) groups is 1. The second-order valence-electron chi connectivity index (χ2n) is 3.36. The highest BCUT2D eigenvalue weighted by Gasteiger charge is 2.15. The molecule has 15 heavy (non-hydrogen) atoms. The van der Waals surface area contributed by atoms with Crippen LogP contribution in [0.5, 0.6) is 5.75 Å². The molecule has 1 aliphatic rings. The van der Waals surface area contributed by atoms with E-state index in [1.54, 1.807) is 6.07 Å². The maximum atomic E-state index is 11.1. The summed E-state index contributed by atoms with van der Waals surface area (Å²) in [5, 5.41) is 2.63. The first-order valence-electron chi connectivity index (χ1n) is 4.91. The van der Waals surface area contributed by atoms with Crippen LogP contribution in [-0.2, 0) is 11.2 Å². The van der Waals surface area contributed by atoms with Gasteiger partial charge in [-0.1, -0.05) is 12.1 Å². The van der Waals surface area contributed by atoms with E-state index in [2.05, 4.69) is 10.1 Å². The Bertz CT molecular complexity index is 376. The number of anilines is 1. The number of rotatable bonds is 1. The molecule has 80 valence electrons. The summed E-state index contributed by atoms with van der Waals surface area (Å²) >= 11 is 0. The molecule has 0 unspecified atom stereocenters. The van der Waals surface area contributed by atoms with Crippen molar-refractivity contribution in [2.24, 2.45) is 0 Å². The fourth-order valence-corrected chi connectivity index (χ4v) is 1.65. The Kier molecular flexibility index (Phi) is 2.76. The van der Waals surface area contributed by atoms with E-state index in [9.17, 15) is 4.79 Å². The first-order chi connectivity index (χ1) is 7.31. The van der Waals surface area contributed by atoms with Crippen molar-refractivity contribution in [2.45, 2.75) is 12.8 Å². The molecular formula is C11H13NO3. The van der Waals surface area contributed by atoms with Gasteiger partial charge in [0, 0.05) is 0 Å². The third-order valence-electron chi connectivity index (χ3n) is 2.36. The molecule has 1 heterocycles. The first-order valence-corrected chi connectivity index (χ1v) is 4.91. The Morgan fingerprint density at radius 3 is 3.20 bits per heavy atom. The molecule has 0 fully saturated rings. The second kappa shape index (κ2) is 4.21. The number of amides is 1. The Labute approximate surface area is 88.2 Å². The van der Waals surface area contributed by atoms with Gasteiger partial charge in [-0.25, -0.2) is 4.79 Å². The lowest BCUT2D eigenvalue weighted by atomic mass is 10.1. The van der Waals surface area contributed by atoms with Crippen LogP contribution < -0.4 is 10.1 Å². The molecule has 0 radical (unpaired) electrons. The summed E-state index contributed by atoms with van der Waals surface area (Å²) in [7, 11) is 1.34. The number of carbonyl (C=O) groups excluding carboxylic acids is 1. The maximum absolute atomic E-state index is 11.1. The largest absolute Gasteiger partial charge is 0.491 e. The number of aryl methyl sites for hydroxylation is 1. The van der Waals surface area contributed by atoms with Gasteiger partial charge in [-0.15, -0.1) is 0 Å². The molecule has 1 aliphatic heterocycles. The van der Waals surface area contributed by atoms with Crippen LogP contribution >= 0.6 is 0 Å². The molecule has 0 spiro atoms. The van der Waals surface area contributed by atoms with E-state index < -0.39 is 6.09 Å². The van der Waals surface area contributed by atoms with Crippen LogP contribution in [0.1, 0.15) is 12.0 Å². The average molecular weight is 207 g/mol. The molecule has 1 aromatic rings. The zero-order valence-corrected chi connectivity index (χ0v) is 8.58. The van der Waals surface area contributed by atoms with E-state index in [4.69, 9.17) is 4.74 Å². The Morgan fingerprint density at radius 1 is 1.53 bits per heavy atom. The zero-order chi connectivity index (χ0) is 10.7. The van der Waals surface area contributed by atoms with Gasteiger partial charge in [0.2, 0.25) is 0 Å². The van der Waals surface area contributed by atoms with Crippen LogP contribution in [0.4, 0.5) is 10.5 Å². The summed E-state index contributed by atoms with van der Waals surface area (Å²) in [6, 6.07) is 5.72. The van der Waals surface area contributed by atoms with Crippen molar-refractivity contribution in [2.75, 3.05) is 19.0 Å². The van der Waals surface area contributed by atoms with Crippen LogP contribution in [0, 0.1) is 0 Å². The normalized spacial score (nSPS) is 13.7. The molecular weight excluding hydrogens is 194 g/mol. The summed E-state index contributed by atoms with van der Waals surface area (Å²) in [5.41, 5.74) is 1.81. The monoisotopic (exact) mass is 207 g/mol. The molecule has 0 aliphatic carbocycles. The summed E-state index contributed by atoms with van der Waals surface area (Å²) in [6.07, 6.45) is 1.54. The molecule has 1 N–H and O–H groups in total. The van der Waals surface area contributed by atoms with Gasteiger partial charge in [0.1, 0.15) is 5.75 Å². The molecule has 0 bridgehead atoms. The number of hydrogen-bond donors (Lipinski definition) is 1. The molecule has 0 saturated carbocycles. The molecule has 0 saturated heterocycles. The molecule has 0 aromatic heterocycles. The van der Waals surface area contributed by atoms with Crippen LogP contribution in [0.2, 0.25) is 0 Å². The molecule has 1 amide bonds. The van der Waals surface area contributed by atoms with E-state index in [1.807, 2.05) is 12.1 Å². The number of para-hydroxylation sites is 1. The predicted octanol–water partition coefficient (Wildman–Crippen LogP) is 2.19. The first kappa shape index (κ1) is 9.83. The summed E-state index contributed by atoms with van der Waals surface area (Å²) in [4.78, 5) is 11.1. The van der Waals surface area contributed by atoms with E-state index >= 15 is 0 Å². The van der Waals surface area contributed by atoms with Crippen molar-refractivity contribution in [1.29, 1.82) is 0 Å². The summed E-state index contributed by atoms with van der Waals surface area (Å²) in [6.45, 7) is 0.701. The number of nitrogens with one attached hydrogen (secondary N) is 1.